The summed E-state index contributed by atoms with van der Waals surface area (Å²) < 4.78 is 0. The molecule has 0 aliphatic heterocycles. The van der Waals surface area contributed by atoms with Crippen molar-refractivity contribution in [3.63, 3.8) is 0 Å². The number of benzene rings is 1. The lowest BCUT2D eigenvalue weighted by Crippen LogP contribution is -1.97. The molecule has 1 N–H and O–H groups in total. The highest BCUT2D eigenvalue weighted by Crippen LogP contribution is 2.29. The zero-order chi connectivity index (χ0) is 9.54. The number of para-hydroxylation sites is 2. The number of hydrogen-bond donors (Lipinski definition) is 1. The van der Waals surface area contributed by atoms with Gasteiger partial charge in [0.05, 0.1) is 28.5 Å². The van der Waals surface area contributed by atoms with Crippen LogP contribution in [0.4, 0.5) is 0 Å². The normalized spacial score (nSPS) is 19.9. The first-order chi connectivity index (χ1) is 6.84. The number of fused-ring (bicyclic) bond motifs is 2. The molecule has 3 heteroatoms. The van der Waals surface area contributed by atoms with E-state index in [0.717, 1.165) is 35.3 Å². The highest BCUT2D eigenvalue weighted by atomic mass is 16.3. The van der Waals surface area contributed by atoms with Crippen molar-refractivity contribution in [2.45, 2.75) is 18.9 Å². The van der Waals surface area contributed by atoms with Crippen molar-refractivity contribution in [3.05, 3.63) is 35.7 Å². The molecule has 14 heavy (non-hydrogen) atoms. The van der Waals surface area contributed by atoms with E-state index in [9.17, 15) is 5.11 Å². The van der Waals surface area contributed by atoms with Crippen LogP contribution in [-0.4, -0.2) is 15.1 Å². The number of aliphatic hydroxyl groups excluding tert-OH is 1. The lowest BCUT2D eigenvalue weighted by atomic mass is 10.2. The average molecular weight is 186 g/mol. The molecule has 0 saturated carbocycles. The SMILES string of the molecule is OC1CCc2nc3ccccc3nc21. The molecule has 0 saturated heterocycles. The van der Waals surface area contributed by atoms with Crippen LogP contribution in [0.25, 0.3) is 11.0 Å². The van der Waals surface area contributed by atoms with Gasteiger partial charge in [-0.2, -0.15) is 0 Å². The monoisotopic (exact) mass is 186 g/mol. The summed E-state index contributed by atoms with van der Waals surface area (Å²) in [5, 5.41) is 9.64. The summed E-state index contributed by atoms with van der Waals surface area (Å²) in [5.41, 5.74) is 3.51. The van der Waals surface area contributed by atoms with E-state index in [1.165, 1.54) is 0 Å². The van der Waals surface area contributed by atoms with E-state index >= 15 is 0 Å². The second-order valence-electron chi connectivity index (χ2n) is 3.60. The van der Waals surface area contributed by atoms with E-state index < -0.39 is 6.10 Å². The Morgan fingerprint density at radius 1 is 1.14 bits per heavy atom. The lowest BCUT2D eigenvalue weighted by molar-refractivity contribution is 0.176. The molecule has 1 unspecified atom stereocenters. The van der Waals surface area contributed by atoms with Gasteiger partial charge in [-0.1, -0.05) is 12.1 Å². The molecule has 3 rings (SSSR count). The molecule has 1 aromatic heterocycles. The van der Waals surface area contributed by atoms with Crippen LogP contribution in [0.5, 0.6) is 0 Å². The maximum atomic E-state index is 9.64. The van der Waals surface area contributed by atoms with E-state index in [2.05, 4.69) is 9.97 Å². The van der Waals surface area contributed by atoms with E-state index in [1.54, 1.807) is 0 Å². The molecule has 0 amide bonds. The molecule has 0 bridgehead atoms. The van der Waals surface area contributed by atoms with Crippen LogP contribution in [0.15, 0.2) is 24.3 Å². The Kier molecular flexibility index (Phi) is 1.55. The van der Waals surface area contributed by atoms with Crippen molar-refractivity contribution in [1.29, 1.82) is 0 Å². The molecule has 1 aliphatic carbocycles. The Morgan fingerprint density at radius 3 is 2.64 bits per heavy atom. The van der Waals surface area contributed by atoms with Gasteiger partial charge in [0, 0.05) is 0 Å². The smallest absolute Gasteiger partial charge is 0.0982 e. The van der Waals surface area contributed by atoms with Gasteiger partial charge in [-0.05, 0) is 25.0 Å². The van der Waals surface area contributed by atoms with Crippen molar-refractivity contribution >= 4 is 11.0 Å². The van der Waals surface area contributed by atoms with Crippen LogP contribution in [0.1, 0.15) is 23.9 Å². The van der Waals surface area contributed by atoms with Crippen molar-refractivity contribution in [1.82, 2.24) is 9.97 Å². The first-order valence-corrected chi connectivity index (χ1v) is 4.78. The van der Waals surface area contributed by atoms with Gasteiger partial charge in [0.1, 0.15) is 0 Å². The minimum atomic E-state index is -0.415. The third-order valence-corrected chi connectivity index (χ3v) is 2.64. The van der Waals surface area contributed by atoms with Gasteiger partial charge in [-0.15, -0.1) is 0 Å². The lowest BCUT2D eigenvalue weighted by Gasteiger charge is -2.03. The summed E-state index contributed by atoms with van der Waals surface area (Å²) in [6, 6.07) is 7.76. The van der Waals surface area contributed by atoms with Gasteiger partial charge in [-0.3, -0.25) is 0 Å². The zero-order valence-corrected chi connectivity index (χ0v) is 7.64. The fourth-order valence-corrected chi connectivity index (χ4v) is 1.91. The molecular weight excluding hydrogens is 176 g/mol. The molecule has 0 radical (unpaired) electrons. The summed E-state index contributed by atoms with van der Waals surface area (Å²) >= 11 is 0. The number of nitrogens with zero attached hydrogens (tertiary/aromatic N) is 2. The third-order valence-electron chi connectivity index (χ3n) is 2.64. The van der Waals surface area contributed by atoms with Crippen molar-refractivity contribution in [3.8, 4) is 0 Å². The summed E-state index contributed by atoms with van der Waals surface area (Å²) in [6.07, 6.45) is 1.18. The Hall–Kier alpha value is -1.48. The van der Waals surface area contributed by atoms with E-state index in [0.29, 0.717) is 0 Å². The summed E-state index contributed by atoms with van der Waals surface area (Å²) in [6.45, 7) is 0. The minimum Gasteiger partial charge on any atom is -0.387 e. The first kappa shape index (κ1) is 7.88. The maximum absolute atomic E-state index is 9.64. The van der Waals surface area contributed by atoms with Gasteiger partial charge in [0.15, 0.2) is 0 Å². The predicted octanol–water partition coefficient (Wildman–Crippen LogP) is 1.61. The highest BCUT2D eigenvalue weighted by Gasteiger charge is 2.23. The van der Waals surface area contributed by atoms with Crippen molar-refractivity contribution in [2.24, 2.45) is 0 Å². The van der Waals surface area contributed by atoms with E-state index in [-0.39, 0.29) is 0 Å². The van der Waals surface area contributed by atoms with Crippen LogP contribution in [0, 0.1) is 0 Å². The second kappa shape index (κ2) is 2.75. The van der Waals surface area contributed by atoms with Gasteiger partial charge < -0.3 is 5.11 Å². The van der Waals surface area contributed by atoms with E-state index in [4.69, 9.17) is 0 Å². The van der Waals surface area contributed by atoms with E-state index in [1.807, 2.05) is 24.3 Å². The minimum absolute atomic E-state index is 0.415. The molecule has 1 atom stereocenters. The van der Waals surface area contributed by atoms with Crippen LogP contribution in [0.2, 0.25) is 0 Å². The average Bonchev–Trinajstić information content (AvgIpc) is 2.57. The fourth-order valence-electron chi connectivity index (χ4n) is 1.91. The van der Waals surface area contributed by atoms with Gasteiger partial charge >= 0.3 is 0 Å². The Bertz CT molecular complexity index is 496. The number of rotatable bonds is 0. The van der Waals surface area contributed by atoms with Crippen molar-refractivity contribution in [2.75, 3.05) is 0 Å². The van der Waals surface area contributed by atoms with Gasteiger partial charge in [-0.25, -0.2) is 9.97 Å². The Morgan fingerprint density at radius 2 is 1.86 bits per heavy atom. The predicted molar refractivity (Wildman–Crippen MR) is 52.8 cm³/mol. The van der Waals surface area contributed by atoms with Crippen LogP contribution in [0.3, 0.4) is 0 Å². The molecule has 70 valence electrons. The molecule has 1 heterocycles. The molecule has 0 spiro atoms. The molecule has 2 aromatic rings. The molecule has 0 fully saturated rings. The Labute approximate surface area is 81.4 Å². The zero-order valence-electron chi connectivity index (χ0n) is 7.64. The molecule has 1 aliphatic rings. The first-order valence-electron chi connectivity index (χ1n) is 4.78. The summed E-state index contributed by atoms with van der Waals surface area (Å²) in [5.74, 6) is 0. The van der Waals surface area contributed by atoms with Crippen LogP contribution >= 0.6 is 0 Å². The number of hydrogen-bond acceptors (Lipinski definition) is 3. The molecular formula is C11H10N2O. The van der Waals surface area contributed by atoms with Crippen LogP contribution < -0.4 is 0 Å². The van der Waals surface area contributed by atoms with Crippen molar-refractivity contribution < 1.29 is 5.11 Å². The molecule has 3 nitrogen and oxygen atoms in total. The highest BCUT2D eigenvalue weighted by molar-refractivity contribution is 5.74. The third kappa shape index (κ3) is 1.02. The fraction of sp³-hybridized carbons (Fsp3) is 0.273. The standard InChI is InChI=1S/C11H10N2O/c14-10-6-5-9-11(10)13-8-4-2-1-3-7(8)12-9/h1-4,10,14H,5-6H2. The number of aromatic nitrogens is 2. The second-order valence-corrected chi connectivity index (χ2v) is 3.60. The quantitative estimate of drug-likeness (QED) is 0.679. The summed E-state index contributed by atoms with van der Waals surface area (Å²) in [4.78, 5) is 8.91. The van der Waals surface area contributed by atoms with Gasteiger partial charge in [0.25, 0.3) is 0 Å². The van der Waals surface area contributed by atoms with Crippen LogP contribution in [-0.2, 0) is 6.42 Å². The summed E-state index contributed by atoms with van der Waals surface area (Å²) in [7, 11) is 0. The largest absolute Gasteiger partial charge is 0.387 e. The topological polar surface area (TPSA) is 46.0 Å². The number of aryl methyl sites for hydroxylation is 1. The van der Waals surface area contributed by atoms with Gasteiger partial charge in [0.2, 0.25) is 0 Å². The Balaban J connectivity index is 2.33. The maximum Gasteiger partial charge on any atom is 0.0982 e. The number of aliphatic hydroxyl groups is 1. The molecule has 1 aromatic carbocycles.